The fourth-order valence-corrected chi connectivity index (χ4v) is 2.04. The molecule has 0 radical (unpaired) electrons. The maximum Gasteiger partial charge on any atom is 0.337 e. The molecule has 0 spiro atoms. The van der Waals surface area contributed by atoms with Crippen molar-refractivity contribution in [3.05, 3.63) is 17.8 Å². The molecule has 6 heteroatoms. The first-order valence-corrected chi connectivity index (χ1v) is 5.89. The van der Waals surface area contributed by atoms with Gasteiger partial charge in [0.05, 0.1) is 23.6 Å². The van der Waals surface area contributed by atoms with E-state index in [0.717, 1.165) is 19.4 Å². The number of carbonyl (C=O) groups is 1. The number of carboxylic acids is 1. The summed E-state index contributed by atoms with van der Waals surface area (Å²) in [6.45, 7) is 1.50. The van der Waals surface area contributed by atoms with Crippen LogP contribution in [0.5, 0.6) is 0 Å². The first kappa shape index (κ1) is 12.6. The van der Waals surface area contributed by atoms with Crippen LogP contribution in [0.15, 0.2) is 12.3 Å². The van der Waals surface area contributed by atoms with E-state index in [9.17, 15) is 4.79 Å². The van der Waals surface area contributed by atoms with Crippen molar-refractivity contribution in [1.82, 2.24) is 4.98 Å². The number of anilines is 2. The molecule has 1 saturated heterocycles. The van der Waals surface area contributed by atoms with Gasteiger partial charge in [-0.05, 0) is 18.9 Å². The van der Waals surface area contributed by atoms with Gasteiger partial charge in [0.1, 0.15) is 5.82 Å². The first-order valence-electron chi connectivity index (χ1n) is 5.89. The summed E-state index contributed by atoms with van der Waals surface area (Å²) >= 11 is 0. The highest BCUT2D eigenvalue weighted by Gasteiger charge is 2.19. The molecule has 1 fully saturated rings. The molecule has 2 rings (SSSR count). The van der Waals surface area contributed by atoms with Crippen LogP contribution in [0.4, 0.5) is 11.5 Å². The van der Waals surface area contributed by atoms with Crippen LogP contribution in [0.3, 0.4) is 0 Å². The van der Waals surface area contributed by atoms with E-state index in [4.69, 9.17) is 15.6 Å². The van der Waals surface area contributed by atoms with Crippen molar-refractivity contribution < 1.29 is 14.6 Å². The van der Waals surface area contributed by atoms with Crippen molar-refractivity contribution in [3.63, 3.8) is 0 Å². The normalized spacial score (nSPS) is 18.8. The van der Waals surface area contributed by atoms with Gasteiger partial charge in [-0.2, -0.15) is 0 Å². The van der Waals surface area contributed by atoms with Gasteiger partial charge in [0.15, 0.2) is 0 Å². The quantitative estimate of drug-likeness (QED) is 0.829. The lowest BCUT2D eigenvalue weighted by atomic mass is 10.2. The van der Waals surface area contributed by atoms with E-state index in [0.29, 0.717) is 12.4 Å². The molecule has 1 aromatic rings. The third kappa shape index (κ3) is 2.70. The zero-order valence-electron chi connectivity index (χ0n) is 10.3. The second-order valence-corrected chi connectivity index (χ2v) is 4.45. The SMILES string of the molecule is CN(CC1CCCO1)c1cc(C(=O)O)c(N)cn1. The Kier molecular flexibility index (Phi) is 3.66. The molecular formula is C12H17N3O3. The van der Waals surface area contributed by atoms with Gasteiger partial charge in [0, 0.05) is 20.2 Å². The maximum atomic E-state index is 11.0. The fraction of sp³-hybridized carbons (Fsp3) is 0.500. The highest BCUT2D eigenvalue weighted by atomic mass is 16.5. The molecule has 1 aromatic heterocycles. The van der Waals surface area contributed by atoms with Crippen molar-refractivity contribution in [2.45, 2.75) is 18.9 Å². The van der Waals surface area contributed by atoms with Crippen molar-refractivity contribution in [2.24, 2.45) is 0 Å². The summed E-state index contributed by atoms with van der Waals surface area (Å²) in [6.07, 6.45) is 3.69. The summed E-state index contributed by atoms with van der Waals surface area (Å²) in [6, 6.07) is 1.49. The molecular weight excluding hydrogens is 234 g/mol. The van der Waals surface area contributed by atoms with Crippen LogP contribution < -0.4 is 10.6 Å². The second-order valence-electron chi connectivity index (χ2n) is 4.45. The average Bonchev–Trinajstić information content (AvgIpc) is 2.81. The molecule has 0 aromatic carbocycles. The molecule has 2 heterocycles. The van der Waals surface area contributed by atoms with Crippen molar-refractivity contribution >= 4 is 17.5 Å². The monoisotopic (exact) mass is 251 g/mol. The smallest absolute Gasteiger partial charge is 0.337 e. The highest BCUT2D eigenvalue weighted by molar-refractivity contribution is 5.94. The summed E-state index contributed by atoms with van der Waals surface area (Å²) in [7, 11) is 1.87. The standard InChI is InChI=1S/C12H17N3O3/c1-15(7-8-3-2-4-18-8)11-5-9(12(16)17)10(13)6-14-11/h5-6,8H,2-4,7,13H2,1H3,(H,16,17). The molecule has 3 N–H and O–H groups in total. The fourth-order valence-electron chi connectivity index (χ4n) is 2.04. The number of rotatable bonds is 4. The summed E-state index contributed by atoms with van der Waals surface area (Å²) in [4.78, 5) is 17.0. The second kappa shape index (κ2) is 5.22. The van der Waals surface area contributed by atoms with Crippen LogP contribution in [0, 0.1) is 0 Å². The Balaban J connectivity index is 2.11. The van der Waals surface area contributed by atoms with Crippen LogP contribution in [-0.2, 0) is 4.74 Å². The van der Waals surface area contributed by atoms with E-state index in [2.05, 4.69) is 4.98 Å². The van der Waals surface area contributed by atoms with E-state index >= 15 is 0 Å². The van der Waals surface area contributed by atoms with Crippen molar-refractivity contribution in [2.75, 3.05) is 30.8 Å². The molecule has 0 amide bonds. The number of hydrogen-bond donors (Lipinski definition) is 2. The number of nitrogens with two attached hydrogens (primary N) is 1. The molecule has 18 heavy (non-hydrogen) atoms. The van der Waals surface area contributed by atoms with Gasteiger partial charge in [0.25, 0.3) is 0 Å². The number of aromatic carboxylic acids is 1. The molecule has 1 atom stereocenters. The lowest BCUT2D eigenvalue weighted by Crippen LogP contribution is -2.29. The zero-order valence-corrected chi connectivity index (χ0v) is 10.3. The third-order valence-corrected chi connectivity index (χ3v) is 3.04. The van der Waals surface area contributed by atoms with Crippen LogP contribution >= 0.6 is 0 Å². The summed E-state index contributed by atoms with van der Waals surface area (Å²) < 4.78 is 5.54. The molecule has 0 saturated carbocycles. The number of nitrogen functional groups attached to an aromatic ring is 1. The number of pyridine rings is 1. The number of carboxylic acid groups (broad SMARTS) is 1. The van der Waals surface area contributed by atoms with Gasteiger partial charge in [0.2, 0.25) is 0 Å². The van der Waals surface area contributed by atoms with E-state index in [-0.39, 0.29) is 17.4 Å². The number of likely N-dealkylation sites (N-methyl/N-ethyl adjacent to an activating group) is 1. The Morgan fingerprint density at radius 1 is 1.72 bits per heavy atom. The molecule has 0 aliphatic carbocycles. The Morgan fingerprint density at radius 3 is 3.11 bits per heavy atom. The minimum absolute atomic E-state index is 0.0826. The lowest BCUT2D eigenvalue weighted by Gasteiger charge is -2.22. The van der Waals surface area contributed by atoms with Crippen molar-refractivity contribution in [1.29, 1.82) is 0 Å². The molecule has 1 unspecified atom stereocenters. The van der Waals surface area contributed by atoms with Gasteiger partial charge < -0.3 is 20.5 Å². The number of ether oxygens (including phenoxy) is 1. The van der Waals surface area contributed by atoms with E-state index in [1.807, 2.05) is 11.9 Å². The van der Waals surface area contributed by atoms with Gasteiger partial charge in [-0.15, -0.1) is 0 Å². The molecule has 0 bridgehead atoms. The van der Waals surface area contributed by atoms with E-state index in [1.165, 1.54) is 12.3 Å². The lowest BCUT2D eigenvalue weighted by molar-refractivity contribution is 0.0698. The molecule has 1 aliphatic heterocycles. The Hall–Kier alpha value is -1.82. The Labute approximate surface area is 105 Å². The number of hydrogen-bond acceptors (Lipinski definition) is 5. The minimum atomic E-state index is -1.04. The largest absolute Gasteiger partial charge is 0.478 e. The zero-order chi connectivity index (χ0) is 13.1. The summed E-state index contributed by atoms with van der Waals surface area (Å²) in [5.74, 6) is -0.446. The van der Waals surface area contributed by atoms with Gasteiger partial charge >= 0.3 is 5.97 Å². The Bertz CT molecular complexity index is 444. The van der Waals surface area contributed by atoms with E-state index in [1.54, 1.807) is 0 Å². The molecule has 1 aliphatic rings. The van der Waals surface area contributed by atoms with Gasteiger partial charge in [-0.3, -0.25) is 0 Å². The highest BCUT2D eigenvalue weighted by Crippen LogP contribution is 2.20. The summed E-state index contributed by atoms with van der Waals surface area (Å²) in [5, 5.41) is 9.01. The van der Waals surface area contributed by atoms with Gasteiger partial charge in [-0.25, -0.2) is 9.78 Å². The predicted octanol–water partition coefficient (Wildman–Crippen LogP) is 0.977. The average molecular weight is 251 g/mol. The van der Waals surface area contributed by atoms with Crippen molar-refractivity contribution in [3.8, 4) is 0 Å². The third-order valence-electron chi connectivity index (χ3n) is 3.04. The Morgan fingerprint density at radius 2 is 2.50 bits per heavy atom. The van der Waals surface area contributed by atoms with E-state index < -0.39 is 5.97 Å². The van der Waals surface area contributed by atoms with Crippen LogP contribution in [-0.4, -0.2) is 42.4 Å². The minimum Gasteiger partial charge on any atom is -0.478 e. The van der Waals surface area contributed by atoms with Crippen LogP contribution in [0.1, 0.15) is 23.2 Å². The summed E-state index contributed by atoms with van der Waals surface area (Å²) in [5.41, 5.74) is 5.83. The predicted molar refractivity (Wildman–Crippen MR) is 67.9 cm³/mol. The van der Waals surface area contributed by atoms with Crippen LogP contribution in [0.25, 0.3) is 0 Å². The maximum absolute atomic E-state index is 11.0. The molecule has 6 nitrogen and oxygen atoms in total. The number of aromatic nitrogens is 1. The first-order chi connectivity index (χ1) is 8.58. The van der Waals surface area contributed by atoms with Crippen LogP contribution in [0.2, 0.25) is 0 Å². The number of nitrogens with zero attached hydrogens (tertiary/aromatic N) is 2. The van der Waals surface area contributed by atoms with Gasteiger partial charge in [-0.1, -0.05) is 0 Å². The molecule has 98 valence electrons. The topological polar surface area (TPSA) is 88.7 Å².